The van der Waals surface area contributed by atoms with Crippen LogP contribution in [0.3, 0.4) is 0 Å². The van der Waals surface area contributed by atoms with Crippen molar-refractivity contribution < 1.29 is 24.4 Å². The zero-order valence-corrected chi connectivity index (χ0v) is 9.81. The molecule has 0 saturated carbocycles. The van der Waals surface area contributed by atoms with E-state index < -0.39 is 43.0 Å². The first-order chi connectivity index (χ1) is 8.96. The average molecular weight is 275 g/mol. The highest BCUT2D eigenvalue weighted by atomic mass is 19.1. The van der Waals surface area contributed by atoms with E-state index in [1.807, 2.05) is 0 Å². The molecule has 1 aliphatic heterocycles. The summed E-state index contributed by atoms with van der Waals surface area (Å²) < 4.78 is 19.2. The van der Waals surface area contributed by atoms with E-state index in [4.69, 9.17) is 15.6 Å². The standard InChI is InChI=1S/C10H14FN3O5/c11-4-10(8(17)7(16)5(3-15)19-10)14-2-1-6(12)13-9(14)18/h1-2,5,7-8,15-17H,3-4H2,(H2,12,13,18)/t5-,7-,8-,10-/m1/s1. The summed E-state index contributed by atoms with van der Waals surface area (Å²) in [6.07, 6.45) is -3.34. The van der Waals surface area contributed by atoms with Crippen LogP contribution in [0.5, 0.6) is 0 Å². The maximum Gasteiger partial charge on any atom is 0.352 e. The van der Waals surface area contributed by atoms with Crippen LogP contribution in [0.1, 0.15) is 0 Å². The van der Waals surface area contributed by atoms with E-state index in [-0.39, 0.29) is 5.82 Å². The summed E-state index contributed by atoms with van der Waals surface area (Å²) in [4.78, 5) is 15.1. The number of nitrogen functional groups attached to an aromatic ring is 1. The summed E-state index contributed by atoms with van der Waals surface area (Å²) in [5.74, 6) is -0.0676. The molecule has 0 amide bonds. The van der Waals surface area contributed by atoms with Gasteiger partial charge in [-0.25, -0.2) is 9.18 Å². The molecule has 0 aliphatic carbocycles. The molecule has 19 heavy (non-hydrogen) atoms. The smallest absolute Gasteiger partial charge is 0.352 e. The molecule has 106 valence electrons. The molecule has 8 nitrogen and oxygen atoms in total. The Morgan fingerprint density at radius 2 is 2.26 bits per heavy atom. The van der Waals surface area contributed by atoms with Gasteiger partial charge in [0.2, 0.25) is 5.72 Å². The number of anilines is 1. The average Bonchev–Trinajstić information content (AvgIpc) is 2.64. The van der Waals surface area contributed by atoms with Crippen LogP contribution in [0, 0.1) is 0 Å². The minimum atomic E-state index is -2.12. The highest BCUT2D eigenvalue weighted by Gasteiger charge is 2.56. The highest BCUT2D eigenvalue weighted by molar-refractivity contribution is 5.24. The van der Waals surface area contributed by atoms with Gasteiger partial charge in [-0.1, -0.05) is 0 Å². The second-order valence-electron chi connectivity index (χ2n) is 4.26. The summed E-state index contributed by atoms with van der Waals surface area (Å²) in [6, 6.07) is 1.23. The summed E-state index contributed by atoms with van der Waals surface area (Å²) >= 11 is 0. The minimum absolute atomic E-state index is 0.0676. The topological polar surface area (TPSA) is 131 Å². The largest absolute Gasteiger partial charge is 0.394 e. The number of alkyl halides is 1. The Balaban J connectivity index is 2.52. The number of aliphatic hydroxyl groups is 3. The zero-order valence-electron chi connectivity index (χ0n) is 9.81. The monoisotopic (exact) mass is 275 g/mol. The number of hydrogen-bond acceptors (Lipinski definition) is 7. The Morgan fingerprint density at radius 1 is 1.58 bits per heavy atom. The number of nitrogens with two attached hydrogens (primary N) is 1. The minimum Gasteiger partial charge on any atom is -0.394 e. The molecule has 1 aliphatic rings. The van der Waals surface area contributed by atoms with E-state index in [1.54, 1.807) is 0 Å². The van der Waals surface area contributed by atoms with Crippen molar-refractivity contribution in [3.8, 4) is 0 Å². The molecule has 0 radical (unpaired) electrons. The van der Waals surface area contributed by atoms with E-state index >= 15 is 0 Å². The molecule has 1 aromatic rings. The molecular weight excluding hydrogens is 261 g/mol. The van der Waals surface area contributed by atoms with E-state index in [1.165, 1.54) is 6.07 Å². The molecule has 5 N–H and O–H groups in total. The van der Waals surface area contributed by atoms with Crippen molar-refractivity contribution in [3.05, 3.63) is 22.7 Å². The third-order valence-electron chi connectivity index (χ3n) is 3.13. The van der Waals surface area contributed by atoms with Gasteiger partial charge in [0.15, 0.2) is 0 Å². The van der Waals surface area contributed by atoms with E-state index in [9.17, 15) is 19.4 Å². The molecule has 9 heteroatoms. The van der Waals surface area contributed by atoms with E-state index in [0.29, 0.717) is 4.57 Å². The fourth-order valence-corrected chi connectivity index (χ4v) is 2.10. The van der Waals surface area contributed by atoms with Gasteiger partial charge in [0.05, 0.1) is 6.61 Å². The molecule has 2 rings (SSSR count). The lowest BCUT2D eigenvalue weighted by Gasteiger charge is -2.30. The Bertz CT molecular complexity index is 524. The number of aliphatic hydroxyl groups excluding tert-OH is 3. The van der Waals surface area contributed by atoms with Crippen molar-refractivity contribution in [2.75, 3.05) is 19.0 Å². The van der Waals surface area contributed by atoms with Crippen LogP contribution >= 0.6 is 0 Å². The molecule has 0 spiro atoms. The van der Waals surface area contributed by atoms with Gasteiger partial charge in [0, 0.05) is 6.20 Å². The SMILES string of the molecule is Nc1ccn([C@]2(CF)O[C@H](CO)[C@@H](O)[C@H]2O)c(=O)n1. The van der Waals surface area contributed by atoms with Crippen molar-refractivity contribution in [1.82, 2.24) is 9.55 Å². The van der Waals surface area contributed by atoms with Crippen molar-refractivity contribution in [1.29, 1.82) is 0 Å². The summed E-state index contributed by atoms with van der Waals surface area (Å²) in [5, 5.41) is 28.6. The predicted molar refractivity (Wildman–Crippen MR) is 60.8 cm³/mol. The van der Waals surface area contributed by atoms with Gasteiger partial charge in [-0.2, -0.15) is 4.98 Å². The normalized spacial score (nSPS) is 34.6. The van der Waals surface area contributed by atoms with Crippen molar-refractivity contribution in [2.24, 2.45) is 0 Å². The van der Waals surface area contributed by atoms with Crippen LogP contribution in [0.4, 0.5) is 10.2 Å². The summed E-state index contributed by atoms with van der Waals surface area (Å²) in [6.45, 7) is -1.91. The number of ether oxygens (including phenoxy) is 1. The molecular formula is C10H14FN3O5. The number of hydrogen-bond donors (Lipinski definition) is 4. The number of aromatic nitrogens is 2. The lowest BCUT2D eigenvalue weighted by atomic mass is 10.0. The van der Waals surface area contributed by atoms with Gasteiger partial charge < -0.3 is 25.8 Å². The van der Waals surface area contributed by atoms with E-state index in [2.05, 4.69) is 4.98 Å². The first kappa shape index (κ1) is 13.9. The van der Waals surface area contributed by atoms with Gasteiger partial charge in [0.1, 0.15) is 30.8 Å². The summed E-state index contributed by atoms with van der Waals surface area (Å²) in [5.41, 5.74) is 2.27. The molecule has 1 saturated heterocycles. The second kappa shape index (κ2) is 4.85. The van der Waals surface area contributed by atoms with Crippen molar-refractivity contribution in [2.45, 2.75) is 24.0 Å². The van der Waals surface area contributed by atoms with Gasteiger partial charge >= 0.3 is 5.69 Å². The third kappa shape index (κ3) is 2.00. The van der Waals surface area contributed by atoms with Crippen molar-refractivity contribution in [3.63, 3.8) is 0 Å². The quantitative estimate of drug-likeness (QED) is 0.482. The Morgan fingerprint density at radius 3 is 2.74 bits per heavy atom. The molecule has 4 atom stereocenters. The maximum absolute atomic E-state index is 13.4. The lowest BCUT2D eigenvalue weighted by molar-refractivity contribution is -0.160. The molecule has 2 heterocycles. The summed E-state index contributed by atoms with van der Waals surface area (Å²) in [7, 11) is 0. The zero-order chi connectivity index (χ0) is 14.2. The van der Waals surface area contributed by atoms with E-state index in [0.717, 1.165) is 6.20 Å². The molecule has 0 unspecified atom stereocenters. The van der Waals surface area contributed by atoms with Crippen LogP contribution in [0.25, 0.3) is 0 Å². The van der Waals surface area contributed by atoms with Gasteiger partial charge in [-0.3, -0.25) is 4.57 Å². The molecule has 1 aromatic heterocycles. The molecule has 0 aromatic carbocycles. The number of nitrogens with zero attached hydrogens (tertiary/aromatic N) is 2. The first-order valence-electron chi connectivity index (χ1n) is 5.52. The number of halogens is 1. The lowest BCUT2D eigenvalue weighted by Crippen LogP contribution is -2.52. The maximum atomic E-state index is 13.4. The highest BCUT2D eigenvalue weighted by Crippen LogP contribution is 2.35. The molecule has 1 fully saturated rings. The number of rotatable bonds is 3. The van der Waals surface area contributed by atoms with Crippen LogP contribution in [0.2, 0.25) is 0 Å². The Hall–Kier alpha value is -1.55. The van der Waals surface area contributed by atoms with Crippen LogP contribution in [0.15, 0.2) is 17.1 Å². The van der Waals surface area contributed by atoms with Crippen LogP contribution < -0.4 is 11.4 Å². The third-order valence-corrected chi connectivity index (χ3v) is 3.13. The molecule has 0 bridgehead atoms. The van der Waals surface area contributed by atoms with Gasteiger partial charge in [0.25, 0.3) is 0 Å². The predicted octanol–water partition coefficient (Wildman–Crippen LogP) is -2.44. The van der Waals surface area contributed by atoms with Gasteiger partial charge in [-0.15, -0.1) is 0 Å². The second-order valence-corrected chi connectivity index (χ2v) is 4.26. The van der Waals surface area contributed by atoms with Crippen LogP contribution in [-0.4, -0.2) is 56.5 Å². The van der Waals surface area contributed by atoms with Crippen LogP contribution in [-0.2, 0) is 10.5 Å². The van der Waals surface area contributed by atoms with Gasteiger partial charge in [-0.05, 0) is 6.07 Å². The Kier molecular flexibility index (Phi) is 3.54. The fourth-order valence-electron chi connectivity index (χ4n) is 2.10. The fraction of sp³-hybridized carbons (Fsp3) is 0.600. The first-order valence-corrected chi connectivity index (χ1v) is 5.52. The van der Waals surface area contributed by atoms with Crippen molar-refractivity contribution >= 4 is 5.82 Å². The Labute approximate surface area is 106 Å².